The van der Waals surface area contributed by atoms with Crippen molar-refractivity contribution in [2.45, 2.75) is 58.5 Å². The summed E-state index contributed by atoms with van der Waals surface area (Å²) in [5.74, 6) is 0.00115. The van der Waals surface area contributed by atoms with Crippen molar-refractivity contribution in [3.63, 3.8) is 0 Å². The molecule has 0 radical (unpaired) electrons. The zero-order chi connectivity index (χ0) is 13.2. The van der Waals surface area contributed by atoms with E-state index < -0.39 is 11.5 Å². The highest BCUT2D eigenvalue weighted by Crippen LogP contribution is 2.40. The predicted octanol–water partition coefficient (Wildman–Crippen LogP) is 2.13. The van der Waals surface area contributed by atoms with E-state index in [0.717, 1.165) is 6.42 Å². The molecule has 0 saturated heterocycles. The van der Waals surface area contributed by atoms with Gasteiger partial charge in [-0.05, 0) is 44.9 Å². The first-order valence-corrected chi connectivity index (χ1v) is 6.32. The Morgan fingerprint density at radius 3 is 2.35 bits per heavy atom. The van der Waals surface area contributed by atoms with E-state index >= 15 is 0 Å². The highest BCUT2D eigenvalue weighted by atomic mass is 16.4. The average Bonchev–Trinajstić information content (AvgIpc) is 2.23. The third-order valence-electron chi connectivity index (χ3n) is 4.21. The van der Waals surface area contributed by atoms with Gasteiger partial charge in [0.1, 0.15) is 5.54 Å². The Kier molecular flexibility index (Phi) is 4.17. The Morgan fingerprint density at radius 1 is 1.41 bits per heavy atom. The first kappa shape index (κ1) is 14.0. The maximum atomic E-state index is 11.6. The summed E-state index contributed by atoms with van der Waals surface area (Å²) in [4.78, 5) is 24.3. The van der Waals surface area contributed by atoms with Gasteiger partial charge in [-0.25, -0.2) is 4.79 Å². The molecule has 3 atom stereocenters. The number of aliphatic carboxylic acids is 1. The molecular formula is C13H23NO3. The minimum atomic E-state index is -0.998. The molecular weight excluding hydrogens is 218 g/mol. The first-order chi connectivity index (χ1) is 7.85. The second kappa shape index (κ2) is 5.07. The van der Waals surface area contributed by atoms with Gasteiger partial charge >= 0.3 is 5.97 Å². The number of carbonyl (C=O) groups is 2. The molecule has 4 nitrogen and oxygen atoms in total. The number of carboxylic acid groups (broad SMARTS) is 1. The molecule has 0 aromatic rings. The van der Waals surface area contributed by atoms with Crippen molar-refractivity contribution in [1.29, 1.82) is 0 Å². The van der Waals surface area contributed by atoms with Gasteiger partial charge < -0.3 is 10.0 Å². The number of carbonyl (C=O) groups excluding carboxylic acids is 1. The van der Waals surface area contributed by atoms with Crippen LogP contribution < -0.4 is 0 Å². The van der Waals surface area contributed by atoms with Crippen LogP contribution >= 0.6 is 0 Å². The molecule has 1 rings (SSSR count). The number of hydrogen-bond acceptors (Lipinski definition) is 2. The van der Waals surface area contributed by atoms with Crippen molar-refractivity contribution in [3.05, 3.63) is 0 Å². The lowest BCUT2D eigenvalue weighted by atomic mass is 9.70. The SMILES string of the molecule is CC1CCC(C(=O)O)(N(C=O)C(C)C)CC1C. The van der Waals surface area contributed by atoms with Gasteiger partial charge in [-0.1, -0.05) is 13.8 Å². The topological polar surface area (TPSA) is 57.6 Å². The van der Waals surface area contributed by atoms with Crippen LogP contribution in [-0.2, 0) is 9.59 Å². The lowest BCUT2D eigenvalue weighted by Crippen LogP contribution is -2.59. The second-order valence-corrected chi connectivity index (χ2v) is 5.64. The van der Waals surface area contributed by atoms with Gasteiger partial charge in [0.05, 0.1) is 0 Å². The third kappa shape index (κ3) is 2.45. The maximum absolute atomic E-state index is 11.6. The van der Waals surface area contributed by atoms with Crippen molar-refractivity contribution in [3.8, 4) is 0 Å². The summed E-state index contributed by atoms with van der Waals surface area (Å²) in [7, 11) is 0. The lowest BCUT2D eigenvalue weighted by molar-refractivity contribution is -0.162. The first-order valence-electron chi connectivity index (χ1n) is 6.32. The number of nitrogens with zero attached hydrogens (tertiary/aromatic N) is 1. The van der Waals surface area contributed by atoms with Crippen LogP contribution in [0.15, 0.2) is 0 Å². The number of amides is 1. The van der Waals surface area contributed by atoms with Crippen LogP contribution in [0.25, 0.3) is 0 Å². The summed E-state index contributed by atoms with van der Waals surface area (Å²) in [5.41, 5.74) is -0.998. The van der Waals surface area contributed by atoms with Crippen LogP contribution in [0.4, 0.5) is 0 Å². The highest BCUT2D eigenvalue weighted by molar-refractivity contribution is 5.81. The summed E-state index contributed by atoms with van der Waals surface area (Å²) < 4.78 is 0. The Hall–Kier alpha value is -1.06. The smallest absolute Gasteiger partial charge is 0.329 e. The Balaban J connectivity index is 3.06. The molecule has 1 N–H and O–H groups in total. The average molecular weight is 241 g/mol. The van der Waals surface area contributed by atoms with Gasteiger partial charge in [-0.15, -0.1) is 0 Å². The highest BCUT2D eigenvalue weighted by Gasteiger charge is 2.48. The largest absolute Gasteiger partial charge is 0.479 e. The monoisotopic (exact) mass is 241 g/mol. The molecule has 3 unspecified atom stereocenters. The van der Waals surface area contributed by atoms with Crippen LogP contribution in [0, 0.1) is 11.8 Å². The van der Waals surface area contributed by atoms with Crippen LogP contribution in [0.2, 0.25) is 0 Å². The number of carboxylic acids is 1. The fourth-order valence-electron chi connectivity index (χ4n) is 2.84. The van der Waals surface area contributed by atoms with E-state index in [-0.39, 0.29) is 6.04 Å². The molecule has 0 aliphatic heterocycles. The zero-order valence-corrected chi connectivity index (χ0v) is 11.1. The van der Waals surface area contributed by atoms with Crippen LogP contribution in [-0.4, -0.2) is 34.0 Å². The van der Waals surface area contributed by atoms with E-state index in [2.05, 4.69) is 13.8 Å². The maximum Gasteiger partial charge on any atom is 0.329 e. The molecule has 1 fully saturated rings. The molecule has 0 spiro atoms. The standard InChI is InChI=1S/C13H23NO3/c1-9(2)14(8-15)13(12(16)17)6-5-10(3)11(4)7-13/h8-11H,5-7H2,1-4H3,(H,16,17). The molecule has 0 aromatic carbocycles. The van der Waals surface area contributed by atoms with E-state index in [4.69, 9.17) is 0 Å². The molecule has 0 bridgehead atoms. The van der Waals surface area contributed by atoms with Crippen molar-refractivity contribution < 1.29 is 14.7 Å². The summed E-state index contributed by atoms with van der Waals surface area (Å²) in [6, 6.07) is -0.0794. The minimum Gasteiger partial charge on any atom is -0.479 e. The molecule has 1 aliphatic carbocycles. The van der Waals surface area contributed by atoms with E-state index in [1.54, 1.807) is 0 Å². The lowest BCUT2D eigenvalue weighted by Gasteiger charge is -2.46. The van der Waals surface area contributed by atoms with Crippen molar-refractivity contribution in [2.24, 2.45) is 11.8 Å². The normalized spacial score (nSPS) is 33.5. The van der Waals surface area contributed by atoms with Gasteiger partial charge in [0.2, 0.25) is 6.41 Å². The molecule has 17 heavy (non-hydrogen) atoms. The van der Waals surface area contributed by atoms with Crippen molar-refractivity contribution >= 4 is 12.4 Å². The Morgan fingerprint density at radius 2 is 2.00 bits per heavy atom. The molecule has 98 valence electrons. The Bertz CT molecular complexity index is 303. The molecule has 4 heteroatoms. The van der Waals surface area contributed by atoms with Gasteiger partial charge in [0.25, 0.3) is 0 Å². The fraction of sp³-hybridized carbons (Fsp3) is 0.846. The fourth-order valence-corrected chi connectivity index (χ4v) is 2.84. The molecule has 0 aromatic heterocycles. The van der Waals surface area contributed by atoms with Gasteiger partial charge in [-0.3, -0.25) is 4.79 Å². The van der Waals surface area contributed by atoms with E-state index in [0.29, 0.717) is 31.1 Å². The van der Waals surface area contributed by atoms with Gasteiger partial charge in [-0.2, -0.15) is 0 Å². The molecule has 1 aliphatic rings. The Labute approximate surface area is 103 Å². The van der Waals surface area contributed by atoms with Gasteiger partial charge in [0, 0.05) is 6.04 Å². The van der Waals surface area contributed by atoms with Crippen molar-refractivity contribution in [1.82, 2.24) is 4.90 Å². The number of hydrogen-bond donors (Lipinski definition) is 1. The zero-order valence-electron chi connectivity index (χ0n) is 11.1. The van der Waals surface area contributed by atoms with Gasteiger partial charge in [0.15, 0.2) is 0 Å². The summed E-state index contributed by atoms with van der Waals surface area (Å²) >= 11 is 0. The predicted molar refractivity (Wildman–Crippen MR) is 65.6 cm³/mol. The minimum absolute atomic E-state index is 0.0794. The summed E-state index contributed by atoms with van der Waals surface area (Å²) in [6.07, 6.45) is 2.68. The molecule has 1 saturated carbocycles. The van der Waals surface area contributed by atoms with E-state index in [1.807, 2.05) is 13.8 Å². The molecule has 1 amide bonds. The second-order valence-electron chi connectivity index (χ2n) is 5.64. The number of rotatable bonds is 4. The summed E-state index contributed by atoms with van der Waals surface area (Å²) in [6.45, 7) is 7.95. The van der Waals surface area contributed by atoms with Crippen LogP contribution in [0.3, 0.4) is 0 Å². The molecule has 0 heterocycles. The van der Waals surface area contributed by atoms with Crippen LogP contribution in [0.1, 0.15) is 47.0 Å². The quantitative estimate of drug-likeness (QED) is 0.767. The third-order valence-corrected chi connectivity index (χ3v) is 4.21. The van der Waals surface area contributed by atoms with Crippen molar-refractivity contribution in [2.75, 3.05) is 0 Å². The van der Waals surface area contributed by atoms with E-state index in [1.165, 1.54) is 4.90 Å². The van der Waals surface area contributed by atoms with Crippen LogP contribution in [0.5, 0.6) is 0 Å². The van der Waals surface area contributed by atoms with E-state index in [9.17, 15) is 14.7 Å². The summed E-state index contributed by atoms with van der Waals surface area (Å²) in [5, 5.41) is 9.54.